The summed E-state index contributed by atoms with van der Waals surface area (Å²) >= 11 is 0. The van der Waals surface area contributed by atoms with Crippen LogP contribution in [0.4, 0.5) is 4.79 Å². The van der Waals surface area contributed by atoms with Gasteiger partial charge >= 0.3 is 6.09 Å². The van der Waals surface area contributed by atoms with Crippen molar-refractivity contribution in [2.75, 3.05) is 13.2 Å². The second-order valence-corrected chi connectivity index (χ2v) is 15.4. The summed E-state index contributed by atoms with van der Waals surface area (Å²) in [5.41, 5.74) is -0.606. The van der Waals surface area contributed by atoms with E-state index in [9.17, 15) is 9.90 Å². The molecule has 2 aromatic rings. The average Bonchev–Trinajstić information content (AvgIpc) is 2.78. The summed E-state index contributed by atoms with van der Waals surface area (Å²) in [6, 6.07) is 20.5. The first-order valence-corrected chi connectivity index (χ1v) is 14.3. The molecular formula is C29H43NO4Si. The van der Waals surface area contributed by atoms with Crippen LogP contribution >= 0.6 is 0 Å². The number of carbonyl (C=O) groups is 1. The highest BCUT2D eigenvalue weighted by atomic mass is 28.4. The monoisotopic (exact) mass is 497 g/mol. The number of aliphatic hydroxyl groups is 1. The first-order chi connectivity index (χ1) is 16.4. The predicted octanol–water partition coefficient (Wildman–Crippen LogP) is 5.03. The summed E-state index contributed by atoms with van der Waals surface area (Å²) in [7, 11) is -2.76. The number of amides is 1. The molecule has 0 aliphatic carbocycles. The minimum absolute atomic E-state index is 0.0116. The van der Waals surface area contributed by atoms with Gasteiger partial charge in [-0.25, -0.2) is 4.79 Å². The largest absolute Gasteiger partial charge is 0.444 e. The Morgan fingerprint density at radius 2 is 1.51 bits per heavy atom. The Morgan fingerprint density at radius 3 is 1.91 bits per heavy atom. The topological polar surface area (TPSA) is 67.8 Å². The van der Waals surface area contributed by atoms with Gasteiger partial charge in [0, 0.05) is 6.61 Å². The number of hydrogen-bond acceptors (Lipinski definition) is 4. The van der Waals surface area contributed by atoms with Crippen molar-refractivity contribution in [2.24, 2.45) is 5.92 Å². The highest BCUT2D eigenvalue weighted by Gasteiger charge is 2.50. The van der Waals surface area contributed by atoms with E-state index in [1.807, 2.05) is 32.9 Å². The molecule has 0 saturated heterocycles. The van der Waals surface area contributed by atoms with Crippen molar-refractivity contribution in [3.63, 3.8) is 0 Å². The van der Waals surface area contributed by atoms with Gasteiger partial charge in [0.25, 0.3) is 8.32 Å². The Labute approximate surface area is 212 Å². The normalized spacial score (nSPS) is 14.1. The lowest BCUT2D eigenvalue weighted by Gasteiger charge is -2.44. The molecule has 2 rings (SSSR count). The molecule has 5 nitrogen and oxygen atoms in total. The van der Waals surface area contributed by atoms with Gasteiger partial charge in [-0.1, -0.05) is 87.5 Å². The molecule has 1 amide bonds. The van der Waals surface area contributed by atoms with Gasteiger partial charge in [-0.15, -0.1) is 6.58 Å². The number of carbonyl (C=O) groups excluding carboxylic acids is 1. The average molecular weight is 498 g/mol. The van der Waals surface area contributed by atoms with E-state index < -0.39 is 20.0 Å². The fourth-order valence-corrected chi connectivity index (χ4v) is 9.12. The number of allylic oxidation sites excluding steroid dienone is 1. The summed E-state index contributed by atoms with van der Waals surface area (Å²) in [6.45, 7) is 16.3. The Kier molecular flexibility index (Phi) is 10.3. The smallest absolute Gasteiger partial charge is 0.407 e. The van der Waals surface area contributed by atoms with E-state index in [2.05, 4.69) is 81.2 Å². The third-order valence-corrected chi connectivity index (χ3v) is 11.0. The van der Waals surface area contributed by atoms with Crippen molar-refractivity contribution in [3.8, 4) is 0 Å². The zero-order valence-corrected chi connectivity index (χ0v) is 23.2. The maximum absolute atomic E-state index is 12.7. The van der Waals surface area contributed by atoms with Crippen LogP contribution in [0, 0.1) is 5.92 Å². The van der Waals surface area contributed by atoms with Crippen molar-refractivity contribution in [2.45, 2.75) is 71.1 Å². The van der Waals surface area contributed by atoms with Crippen molar-refractivity contribution in [1.82, 2.24) is 5.32 Å². The van der Waals surface area contributed by atoms with E-state index >= 15 is 0 Å². The molecule has 192 valence electrons. The lowest BCUT2D eigenvalue weighted by atomic mass is 9.98. The molecule has 2 N–H and O–H groups in total. The van der Waals surface area contributed by atoms with E-state index in [1.54, 1.807) is 6.08 Å². The number of rotatable bonds is 11. The van der Waals surface area contributed by atoms with Crippen LogP contribution in [0.2, 0.25) is 5.04 Å². The molecular weight excluding hydrogens is 454 g/mol. The second-order valence-electron chi connectivity index (χ2n) is 11.1. The summed E-state index contributed by atoms with van der Waals surface area (Å²) in [5.74, 6) is -0.0322. The SMILES string of the molecule is C=CC[C@@H](CO)CC(CO[Si](c1ccccc1)(c1ccccc1)C(C)(C)C)NC(=O)OC(C)(C)C. The summed E-state index contributed by atoms with van der Waals surface area (Å²) in [5, 5.41) is 15.1. The highest BCUT2D eigenvalue weighted by Crippen LogP contribution is 2.37. The Balaban J connectivity index is 2.46. The first-order valence-electron chi connectivity index (χ1n) is 12.4. The minimum atomic E-state index is -2.76. The number of nitrogens with one attached hydrogen (secondary N) is 1. The fraction of sp³-hybridized carbons (Fsp3) is 0.483. The van der Waals surface area contributed by atoms with Gasteiger partial charge in [0.05, 0.1) is 12.6 Å². The molecule has 1 unspecified atom stereocenters. The number of ether oxygens (including phenoxy) is 1. The third kappa shape index (κ3) is 8.06. The van der Waals surface area contributed by atoms with Gasteiger partial charge in [0.15, 0.2) is 0 Å². The quantitative estimate of drug-likeness (QED) is 0.337. The molecule has 0 saturated carbocycles. The van der Waals surface area contributed by atoms with Gasteiger partial charge in [-0.3, -0.25) is 0 Å². The molecule has 35 heavy (non-hydrogen) atoms. The molecule has 0 heterocycles. The van der Waals surface area contributed by atoms with E-state index in [4.69, 9.17) is 9.16 Å². The predicted molar refractivity (Wildman–Crippen MR) is 147 cm³/mol. The molecule has 0 radical (unpaired) electrons. The Morgan fingerprint density at radius 1 is 1.00 bits per heavy atom. The van der Waals surface area contributed by atoms with Crippen molar-refractivity contribution in [3.05, 3.63) is 73.3 Å². The van der Waals surface area contributed by atoms with Gasteiger partial charge in [-0.2, -0.15) is 0 Å². The summed E-state index contributed by atoms with van der Waals surface area (Å²) < 4.78 is 12.6. The maximum Gasteiger partial charge on any atom is 0.407 e. The van der Waals surface area contributed by atoms with Crippen molar-refractivity contribution >= 4 is 24.8 Å². The molecule has 2 aromatic carbocycles. The van der Waals surface area contributed by atoms with Crippen LogP contribution < -0.4 is 15.7 Å². The first kappa shape index (κ1) is 28.8. The van der Waals surface area contributed by atoms with Crippen LogP contribution in [0.15, 0.2) is 73.3 Å². The molecule has 0 bridgehead atoms. The lowest BCUT2D eigenvalue weighted by Crippen LogP contribution is -2.67. The number of benzene rings is 2. The van der Waals surface area contributed by atoms with Gasteiger partial charge in [0.2, 0.25) is 0 Å². The van der Waals surface area contributed by atoms with Crippen LogP contribution in [0.3, 0.4) is 0 Å². The van der Waals surface area contributed by atoms with Crippen LogP contribution in [0.25, 0.3) is 0 Å². The minimum Gasteiger partial charge on any atom is -0.444 e. The van der Waals surface area contributed by atoms with Gasteiger partial charge in [0.1, 0.15) is 5.60 Å². The van der Waals surface area contributed by atoms with Gasteiger partial charge in [-0.05, 0) is 54.9 Å². The van der Waals surface area contributed by atoms with Crippen LogP contribution in [0.5, 0.6) is 0 Å². The van der Waals surface area contributed by atoms with Crippen molar-refractivity contribution < 1.29 is 19.1 Å². The Bertz CT molecular complexity index is 880. The second kappa shape index (κ2) is 12.5. The lowest BCUT2D eigenvalue weighted by molar-refractivity contribution is 0.0470. The number of aliphatic hydroxyl groups excluding tert-OH is 1. The fourth-order valence-electron chi connectivity index (χ4n) is 4.51. The standard InChI is InChI=1S/C29H43NO4Si/c1-8-15-23(21-31)20-24(30-27(32)34-28(2,3)4)22-33-35(29(5,6)7,25-16-11-9-12-17-25)26-18-13-10-14-19-26/h8-14,16-19,23-24,31H,1,15,20-22H2,2-7H3,(H,30,32)/t23-,24?/m1/s1. The molecule has 2 atom stereocenters. The van der Waals surface area contributed by atoms with Gasteiger partial charge < -0.3 is 19.6 Å². The van der Waals surface area contributed by atoms with Crippen molar-refractivity contribution in [1.29, 1.82) is 0 Å². The summed E-state index contributed by atoms with van der Waals surface area (Å²) in [4.78, 5) is 12.7. The molecule has 6 heteroatoms. The van der Waals surface area contributed by atoms with Crippen LogP contribution in [-0.2, 0) is 9.16 Å². The van der Waals surface area contributed by atoms with E-state index in [0.717, 1.165) is 0 Å². The Hall–Kier alpha value is -2.41. The molecule has 0 spiro atoms. The van der Waals surface area contributed by atoms with E-state index in [-0.39, 0.29) is 23.6 Å². The zero-order chi connectivity index (χ0) is 26.1. The zero-order valence-electron chi connectivity index (χ0n) is 22.2. The molecule has 0 aromatic heterocycles. The molecule has 0 aliphatic heterocycles. The van der Waals surface area contributed by atoms with E-state index in [1.165, 1.54) is 10.4 Å². The molecule has 0 fully saturated rings. The number of hydrogen-bond donors (Lipinski definition) is 2. The van der Waals surface area contributed by atoms with E-state index in [0.29, 0.717) is 19.4 Å². The summed E-state index contributed by atoms with van der Waals surface area (Å²) in [6.07, 6.45) is 2.53. The maximum atomic E-state index is 12.7. The third-order valence-electron chi connectivity index (χ3n) is 6.01. The van der Waals surface area contributed by atoms with Crippen LogP contribution in [0.1, 0.15) is 54.4 Å². The number of alkyl carbamates (subject to hydrolysis) is 1. The molecule has 0 aliphatic rings. The van der Waals surface area contributed by atoms with Crippen LogP contribution in [-0.4, -0.2) is 44.4 Å². The highest BCUT2D eigenvalue weighted by molar-refractivity contribution is 6.99.